The van der Waals surface area contributed by atoms with Crippen LogP contribution in [0.4, 0.5) is 0 Å². The number of methoxy groups -OCH3 is 1. The number of nitrogens with zero attached hydrogens (tertiary/aromatic N) is 2. The smallest absolute Gasteiger partial charge is 0.228 e. The van der Waals surface area contributed by atoms with Crippen LogP contribution >= 0.6 is 0 Å². The summed E-state index contributed by atoms with van der Waals surface area (Å²) in [4.78, 5) is 4.36. The molecule has 6 nitrogen and oxygen atoms in total. The van der Waals surface area contributed by atoms with Gasteiger partial charge in [0.2, 0.25) is 5.89 Å². The monoisotopic (exact) mass is 271 g/mol. The van der Waals surface area contributed by atoms with Gasteiger partial charge in [0.1, 0.15) is 0 Å². The molecule has 1 aromatic heterocycles. The molecule has 0 aromatic carbocycles. The molecule has 0 amide bonds. The number of rotatable bonds is 11. The Balaban J connectivity index is 2.40. The van der Waals surface area contributed by atoms with Crippen LogP contribution in [-0.4, -0.2) is 49.7 Å². The van der Waals surface area contributed by atoms with E-state index in [-0.39, 0.29) is 6.04 Å². The molecule has 1 N–H and O–H groups in total. The summed E-state index contributed by atoms with van der Waals surface area (Å²) in [7, 11) is 1.70. The predicted octanol–water partition coefficient (Wildman–Crippen LogP) is 1.21. The van der Waals surface area contributed by atoms with Crippen LogP contribution in [0, 0.1) is 0 Å². The van der Waals surface area contributed by atoms with E-state index < -0.39 is 0 Å². The first kappa shape index (κ1) is 16.1. The fourth-order valence-corrected chi connectivity index (χ4v) is 1.73. The quantitative estimate of drug-likeness (QED) is 0.610. The lowest BCUT2D eigenvalue weighted by atomic mass is 10.2. The molecule has 0 spiro atoms. The molecule has 0 saturated heterocycles. The first-order valence-electron chi connectivity index (χ1n) is 6.91. The zero-order valence-electron chi connectivity index (χ0n) is 12.1. The highest BCUT2D eigenvalue weighted by Crippen LogP contribution is 2.03. The molecule has 6 heteroatoms. The van der Waals surface area contributed by atoms with Crippen LogP contribution in [0.5, 0.6) is 0 Å². The molecule has 1 atom stereocenters. The summed E-state index contributed by atoms with van der Waals surface area (Å²) in [5.41, 5.74) is 0. The molecule has 0 radical (unpaired) electrons. The Morgan fingerprint density at radius 1 is 1.37 bits per heavy atom. The van der Waals surface area contributed by atoms with Crippen molar-refractivity contribution >= 4 is 0 Å². The zero-order chi connectivity index (χ0) is 13.9. The second kappa shape index (κ2) is 9.89. The number of hydrogen-bond donors (Lipinski definition) is 1. The highest BCUT2D eigenvalue weighted by atomic mass is 16.5. The number of nitrogens with one attached hydrogen (secondary N) is 1. The molecular weight excluding hydrogens is 246 g/mol. The van der Waals surface area contributed by atoms with Crippen molar-refractivity contribution in [2.24, 2.45) is 0 Å². The van der Waals surface area contributed by atoms with Gasteiger partial charge in [-0.3, -0.25) is 0 Å². The molecule has 0 saturated carbocycles. The Kier molecular flexibility index (Phi) is 8.36. The van der Waals surface area contributed by atoms with Crippen molar-refractivity contribution in [2.45, 2.75) is 39.2 Å². The minimum absolute atomic E-state index is 0.213. The van der Waals surface area contributed by atoms with E-state index in [1.807, 2.05) is 6.92 Å². The highest BCUT2D eigenvalue weighted by Gasteiger charge is 2.14. The van der Waals surface area contributed by atoms with Crippen molar-refractivity contribution in [3.05, 3.63) is 11.7 Å². The van der Waals surface area contributed by atoms with Gasteiger partial charge in [-0.25, -0.2) is 0 Å². The molecule has 1 aromatic rings. The standard InChI is InChI=1S/C13H25N3O3/c1-4-7-14-11(10-17-3)9-13-15-12(16-19-13)6-8-18-5-2/h11,14H,4-10H2,1-3H3. The lowest BCUT2D eigenvalue weighted by molar-refractivity contribution is 0.149. The summed E-state index contributed by atoms with van der Waals surface area (Å²) in [6.45, 7) is 7.04. The molecule has 0 aliphatic heterocycles. The average Bonchev–Trinajstić information content (AvgIpc) is 2.84. The Morgan fingerprint density at radius 3 is 2.89 bits per heavy atom. The van der Waals surface area contributed by atoms with Gasteiger partial charge in [-0.1, -0.05) is 12.1 Å². The van der Waals surface area contributed by atoms with Crippen LogP contribution in [0.1, 0.15) is 32.0 Å². The van der Waals surface area contributed by atoms with Crippen molar-refractivity contribution in [1.82, 2.24) is 15.5 Å². The van der Waals surface area contributed by atoms with E-state index >= 15 is 0 Å². The second-order valence-corrected chi connectivity index (χ2v) is 4.36. The third-order valence-corrected chi connectivity index (χ3v) is 2.66. The lowest BCUT2D eigenvalue weighted by Crippen LogP contribution is -2.35. The molecule has 0 aliphatic rings. The maximum absolute atomic E-state index is 5.27. The summed E-state index contributed by atoms with van der Waals surface area (Å²) in [5, 5.41) is 7.35. The Bertz CT molecular complexity index is 331. The van der Waals surface area contributed by atoms with Crippen LogP contribution in [0.15, 0.2) is 4.52 Å². The summed E-state index contributed by atoms with van der Waals surface area (Å²) in [6, 6.07) is 0.213. The van der Waals surface area contributed by atoms with E-state index in [1.54, 1.807) is 7.11 Å². The topological polar surface area (TPSA) is 69.4 Å². The molecule has 110 valence electrons. The molecule has 0 aliphatic carbocycles. The van der Waals surface area contributed by atoms with Gasteiger partial charge in [0.05, 0.1) is 13.2 Å². The van der Waals surface area contributed by atoms with Gasteiger partial charge in [0, 0.05) is 32.6 Å². The Hall–Kier alpha value is -0.980. The van der Waals surface area contributed by atoms with Crippen LogP contribution in [0.2, 0.25) is 0 Å². The molecule has 1 rings (SSSR count). The number of ether oxygens (including phenoxy) is 2. The fourth-order valence-electron chi connectivity index (χ4n) is 1.73. The first-order chi connectivity index (χ1) is 9.30. The van der Waals surface area contributed by atoms with E-state index in [9.17, 15) is 0 Å². The maximum atomic E-state index is 5.27. The maximum Gasteiger partial charge on any atom is 0.228 e. The Morgan fingerprint density at radius 2 is 2.21 bits per heavy atom. The predicted molar refractivity (Wildman–Crippen MR) is 72.2 cm³/mol. The highest BCUT2D eigenvalue weighted by molar-refractivity contribution is 4.90. The number of hydrogen-bond acceptors (Lipinski definition) is 6. The third kappa shape index (κ3) is 6.66. The summed E-state index contributed by atoms with van der Waals surface area (Å²) in [6.07, 6.45) is 2.47. The van der Waals surface area contributed by atoms with E-state index in [1.165, 1.54) is 0 Å². The lowest BCUT2D eigenvalue weighted by Gasteiger charge is -2.15. The molecular formula is C13H25N3O3. The summed E-state index contributed by atoms with van der Waals surface area (Å²) in [5.74, 6) is 1.35. The average molecular weight is 271 g/mol. The van der Waals surface area contributed by atoms with E-state index in [0.717, 1.165) is 13.0 Å². The molecule has 19 heavy (non-hydrogen) atoms. The fraction of sp³-hybridized carbons (Fsp3) is 0.846. The van der Waals surface area contributed by atoms with Gasteiger partial charge in [-0.05, 0) is 19.9 Å². The SMILES string of the molecule is CCCNC(COC)Cc1nc(CCOCC)no1. The largest absolute Gasteiger partial charge is 0.383 e. The van der Waals surface area contributed by atoms with Gasteiger partial charge in [-0.2, -0.15) is 4.98 Å². The summed E-state index contributed by atoms with van der Waals surface area (Å²) >= 11 is 0. The molecule has 0 bridgehead atoms. The van der Waals surface area contributed by atoms with Crippen molar-refractivity contribution in [3.63, 3.8) is 0 Å². The van der Waals surface area contributed by atoms with E-state index in [4.69, 9.17) is 14.0 Å². The van der Waals surface area contributed by atoms with Crippen LogP contribution in [0.3, 0.4) is 0 Å². The van der Waals surface area contributed by atoms with Crippen LogP contribution in [0.25, 0.3) is 0 Å². The van der Waals surface area contributed by atoms with Crippen molar-refractivity contribution in [3.8, 4) is 0 Å². The Labute approximate surface area is 114 Å². The van der Waals surface area contributed by atoms with E-state index in [0.29, 0.717) is 44.4 Å². The van der Waals surface area contributed by atoms with Gasteiger partial charge in [0.25, 0.3) is 0 Å². The van der Waals surface area contributed by atoms with Crippen molar-refractivity contribution < 1.29 is 14.0 Å². The van der Waals surface area contributed by atoms with Gasteiger partial charge in [-0.15, -0.1) is 0 Å². The normalized spacial score (nSPS) is 12.8. The summed E-state index contributed by atoms with van der Waals surface area (Å²) < 4.78 is 15.7. The van der Waals surface area contributed by atoms with Crippen molar-refractivity contribution in [2.75, 3.05) is 33.5 Å². The van der Waals surface area contributed by atoms with Gasteiger partial charge >= 0.3 is 0 Å². The molecule has 1 unspecified atom stereocenters. The first-order valence-corrected chi connectivity index (χ1v) is 6.91. The van der Waals surface area contributed by atoms with Crippen LogP contribution in [-0.2, 0) is 22.3 Å². The molecule has 0 fully saturated rings. The zero-order valence-corrected chi connectivity index (χ0v) is 12.1. The molecule has 1 heterocycles. The van der Waals surface area contributed by atoms with E-state index in [2.05, 4.69) is 22.4 Å². The second-order valence-electron chi connectivity index (χ2n) is 4.36. The number of aromatic nitrogens is 2. The third-order valence-electron chi connectivity index (χ3n) is 2.66. The minimum atomic E-state index is 0.213. The van der Waals surface area contributed by atoms with Crippen molar-refractivity contribution in [1.29, 1.82) is 0 Å². The van der Waals surface area contributed by atoms with Crippen LogP contribution < -0.4 is 5.32 Å². The van der Waals surface area contributed by atoms with Gasteiger partial charge < -0.3 is 19.3 Å². The van der Waals surface area contributed by atoms with Gasteiger partial charge in [0.15, 0.2) is 5.82 Å². The minimum Gasteiger partial charge on any atom is -0.383 e.